The van der Waals surface area contributed by atoms with E-state index in [0.29, 0.717) is 0 Å². The van der Waals surface area contributed by atoms with Crippen LogP contribution in [0.3, 0.4) is 0 Å². The lowest BCUT2D eigenvalue weighted by Crippen LogP contribution is -1.96. The second-order valence-electron chi connectivity index (χ2n) is 5.23. The summed E-state index contributed by atoms with van der Waals surface area (Å²) in [6.07, 6.45) is 0. The van der Waals surface area contributed by atoms with E-state index in [1.54, 1.807) is 6.07 Å². The van der Waals surface area contributed by atoms with Crippen molar-refractivity contribution in [3.05, 3.63) is 140 Å². The van der Waals surface area contributed by atoms with Gasteiger partial charge in [0.15, 0.2) is 0 Å². The Labute approximate surface area is 332 Å². The van der Waals surface area contributed by atoms with E-state index >= 15 is 0 Å². The molecule has 0 unspecified atom stereocenters. The van der Waals surface area contributed by atoms with Gasteiger partial charge >= 0.3 is 0 Å². The zero-order chi connectivity index (χ0) is 44.3. The minimum atomic E-state index is -4.25. The number of rotatable bonds is 1. The van der Waals surface area contributed by atoms with Gasteiger partial charge in [-0.05, 0) is 12.1 Å². The van der Waals surface area contributed by atoms with E-state index in [0.717, 1.165) is 0 Å². The first-order chi connectivity index (χ1) is 25.6. The van der Waals surface area contributed by atoms with Crippen LogP contribution < -0.4 is 0 Å². The van der Waals surface area contributed by atoms with Crippen molar-refractivity contribution < 1.29 is 13.0 Å². The Balaban J connectivity index is -0.0000000348. The van der Waals surface area contributed by atoms with E-state index in [1.165, 1.54) is 24.3 Å². The highest BCUT2D eigenvalue weighted by atomic mass is 32.2. The van der Waals surface area contributed by atoms with Gasteiger partial charge in [-0.15, -0.1) is 0 Å². The zero-order valence-electron chi connectivity index (χ0n) is 39.4. The van der Waals surface area contributed by atoms with Crippen LogP contribution in [0, 0.1) is 0 Å². The molecule has 0 radical (unpaired) electrons. The Hall–Kier alpha value is -3.21. The van der Waals surface area contributed by atoms with Crippen molar-refractivity contribution in [3.63, 3.8) is 0 Å². The van der Waals surface area contributed by atoms with Crippen molar-refractivity contribution in [1.82, 2.24) is 0 Å². The van der Waals surface area contributed by atoms with Crippen LogP contribution in [0.15, 0.2) is 144 Å². The fourth-order valence-corrected chi connectivity index (χ4v) is 2.23. The second-order valence-corrected chi connectivity index (χ2v) is 6.61. The summed E-state index contributed by atoms with van der Waals surface area (Å²) >= 11 is 0. The van der Waals surface area contributed by atoms with Gasteiger partial charge in [-0.25, -0.2) is 8.42 Å². The van der Waals surface area contributed by atoms with E-state index in [9.17, 15) is 13.0 Å². The summed E-state index contributed by atoms with van der Waals surface area (Å²) < 4.78 is 30.8. The van der Waals surface area contributed by atoms with Crippen molar-refractivity contribution in [1.29, 1.82) is 0 Å². The van der Waals surface area contributed by atoms with Crippen molar-refractivity contribution in [2.24, 2.45) is 0 Å². The van der Waals surface area contributed by atoms with E-state index in [2.05, 4.69) is 0 Å². The maximum absolute atomic E-state index is 10.3. The van der Waals surface area contributed by atoms with Crippen molar-refractivity contribution in [3.8, 4) is 0 Å². The van der Waals surface area contributed by atoms with Crippen LogP contribution in [0.2, 0.25) is 0 Å². The lowest BCUT2D eigenvalue weighted by molar-refractivity contribution is 0.463. The molecule has 0 aliphatic heterocycles. The SMILES string of the molecule is CC.CC.CC.CC.CC.CC.CC.CC.CC.CC.CC.CC.O=S(=O)([O-])c1ccccc1.c1ccccc1.c1ccccc1.c1ccccc1. The topological polar surface area (TPSA) is 57.2 Å². The fraction of sp³-hybridized carbons (Fsp3) is 0.500. The predicted molar refractivity (Wildman–Crippen MR) is 250 cm³/mol. The minimum Gasteiger partial charge on any atom is -0.744 e. The highest BCUT2D eigenvalue weighted by Crippen LogP contribution is 2.05. The van der Waals surface area contributed by atoms with Gasteiger partial charge in [0.1, 0.15) is 10.1 Å². The van der Waals surface area contributed by atoms with Crippen molar-refractivity contribution >= 4 is 10.1 Å². The molecule has 0 amide bonds. The summed E-state index contributed by atoms with van der Waals surface area (Å²) in [6.45, 7) is 48.0. The monoisotopic (exact) mass is 752 g/mol. The Kier molecular flexibility index (Phi) is 200. The summed E-state index contributed by atoms with van der Waals surface area (Å²) in [4.78, 5) is -0.185. The van der Waals surface area contributed by atoms with E-state index in [1.807, 2.05) is 275 Å². The molecule has 3 nitrogen and oxygen atoms in total. The Morgan fingerprint density at radius 3 is 0.423 bits per heavy atom. The number of hydrogen-bond donors (Lipinski definition) is 0. The quantitative estimate of drug-likeness (QED) is 0.182. The molecule has 0 aliphatic carbocycles. The molecule has 4 aromatic carbocycles. The van der Waals surface area contributed by atoms with E-state index in [4.69, 9.17) is 0 Å². The molecule has 4 aromatic rings. The lowest BCUT2D eigenvalue weighted by atomic mass is 10.4. The van der Waals surface area contributed by atoms with Crippen LogP contribution in [0.1, 0.15) is 166 Å². The van der Waals surface area contributed by atoms with Gasteiger partial charge in [0.2, 0.25) is 0 Å². The van der Waals surface area contributed by atoms with E-state index in [-0.39, 0.29) is 4.90 Å². The molecule has 0 saturated carbocycles. The van der Waals surface area contributed by atoms with Crippen LogP contribution in [0.4, 0.5) is 0 Å². The molecular formula is C48H95O3S-. The van der Waals surface area contributed by atoms with Gasteiger partial charge in [0, 0.05) is 0 Å². The first-order valence-corrected chi connectivity index (χ1v) is 22.0. The number of benzene rings is 4. The third kappa shape index (κ3) is 118. The first-order valence-electron chi connectivity index (χ1n) is 20.6. The second kappa shape index (κ2) is 126. The number of hydrogen-bond acceptors (Lipinski definition) is 3. The predicted octanol–water partition coefficient (Wildman–Crippen LogP) is 18.0. The Morgan fingerprint density at radius 1 is 0.250 bits per heavy atom. The van der Waals surface area contributed by atoms with Crippen LogP contribution in [-0.4, -0.2) is 13.0 Å². The molecule has 0 fully saturated rings. The standard InChI is InChI=1S/C6H6O3S.3C6H6.12C2H6/c7-10(8,9)6-4-2-1-3-5-6;3*1-2-4-6-5-3-1;12*1-2/h1-5H,(H,7,8,9);3*1-6H;12*1-2H3/p-1. The maximum Gasteiger partial charge on any atom is 0.124 e. The van der Waals surface area contributed by atoms with Gasteiger partial charge in [-0.1, -0.05) is 294 Å². The van der Waals surface area contributed by atoms with Gasteiger partial charge < -0.3 is 4.55 Å². The molecule has 0 saturated heterocycles. The zero-order valence-corrected chi connectivity index (χ0v) is 40.2. The van der Waals surface area contributed by atoms with Crippen LogP contribution in [0.5, 0.6) is 0 Å². The molecule has 52 heavy (non-hydrogen) atoms. The Bertz CT molecular complexity index is 761. The minimum absolute atomic E-state index is 0.185. The molecule has 0 heterocycles. The van der Waals surface area contributed by atoms with Crippen LogP contribution in [-0.2, 0) is 10.1 Å². The Morgan fingerprint density at radius 2 is 0.346 bits per heavy atom. The summed E-state index contributed by atoms with van der Waals surface area (Å²) in [5, 5.41) is 0. The molecule has 0 aromatic heterocycles. The fourth-order valence-electron chi connectivity index (χ4n) is 1.74. The van der Waals surface area contributed by atoms with Crippen LogP contribution in [0.25, 0.3) is 0 Å². The molecule has 0 N–H and O–H groups in total. The van der Waals surface area contributed by atoms with Crippen molar-refractivity contribution in [2.45, 2.75) is 171 Å². The van der Waals surface area contributed by atoms with Crippen molar-refractivity contribution in [2.75, 3.05) is 0 Å². The highest BCUT2D eigenvalue weighted by molar-refractivity contribution is 7.85. The molecule has 312 valence electrons. The summed E-state index contributed by atoms with van der Waals surface area (Å²) in [7, 11) is -4.25. The molecular weight excluding hydrogens is 657 g/mol. The summed E-state index contributed by atoms with van der Waals surface area (Å²) in [5.74, 6) is 0. The van der Waals surface area contributed by atoms with Gasteiger partial charge in [0.25, 0.3) is 0 Å². The smallest absolute Gasteiger partial charge is 0.124 e. The molecule has 0 atom stereocenters. The van der Waals surface area contributed by atoms with E-state index < -0.39 is 10.1 Å². The highest BCUT2D eigenvalue weighted by Gasteiger charge is 1.95. The van der Waals surface area contributed by atoms with Gasteiger partial charge in [-0.2, -0.15) is 0 Å². The molecule has 0 aliphatic rings. The summed E-state index contributed by atoms with van der Waals surface area (Å²) in [6, 6.07) is 43.2. The molecule has 0 bridgehead atoms. The third-order valence-electron chi connectivity index (χ3n) is 3.03. The average molecular weight is 752 g/mol. The normalized spacial score (nSPS) is 6.33. The van der Waals surface area contributed by atoms with Gasteiger partial charge in [-0.3, -0.25) is 0 Å². The maximum atomic E-state index is 10.3. The lowest BCUT2D eigenvalue weighted by Gasteiger charge is -2.04. The molecule has 4 rings (SSSR count). The largest absolute Gasteiger partial charge is 0.744 e. The first kappa shape index (κ1) is 82.3. The average Bonchev–Trinajstić information content (AvgIpc) is 3.31. The van der Waals surface area contributed by atoms with Crippen LogP contribution >= 0.6 is 0 Å². The summed E-state index contributed by atoms with van der Waals surface area (Å²) in [5.41, 5.74) is 0. The molecule has 4 heteroatoms. The third-order valence-corrected chi connectivity index (χ3v) is 3.88. The van der Waals surface area contributed by atoms with Gasteiger partial charge in [0.05, 0.1) is 4.90 Å². The molecule has 0 spiro atoms.